The zero-order valence-corrected chi connectivity index (χ0v) is 20.7. The molecule has 34 heavy (non-hydrogen) atoms. The molecule has 8 nitrogen and oxygen atoms in total. The molecule has 0 spiro atoms. The normalized spacial score (nSPS) is 14.0. The summed E-state index contributed by atoms with van der Waals surface area (Å²) in [5.74, 6) is -1.98. The minimum atomic E-state index is -4.80. The summed E-state index contributed by atoms with van der Waals surface area (Å²) in [5, 5.41) is 11.1. The van der Waals surface area contributed by atoms with Gasteiger partial charge in [0, 0.05) is 6.42 Å². The predicted molar refractivity (Wildman–Crippen MR) is 135 cm³/mol. The number of phosphoric acid groups is 1. The summed E-state index contributed by atoms with van der Waals surface area (Å²) in [6, 6.07) is -1.52. The number of carboxylic acid groups (broad SMARTS) is 1. The predicted octanol–water partition coefficient (Wildman–Crippen LogP) is 5.14. The average molecular weight is 496 g/mol. The van der Waals surface area contributed by atoms with E-state index in [0.29, 0.717) is 6.42 Å². The number of carbonyl (C=O) groups excluding carboxylic acids is 1. The Labute approximate surface area is 202 Å². The van der Waals surface area contributed by atoms with E-state index in [2.05, 4.69) is 71.4 Å². The van der Waals surface area contributed by atoms with Crippen LogP contribution >= 0.6 is 7.82 Å². The van der Waals surface area contributed by atoms with Crippen molar-refractivity contribution in [2.45, 2.75) is 64.3 Å². The molecule has 0 saturated carbocycles. The van der Waals surface area contributed by atoms with E-state index in [1.54, 1.807) is 0 Å². The summed E-state index contributed by atoms with van der Waals surface area (Å²) in [5.41, 5.74) is 0. The fourth-order valence-electron chi connectivity index (χ4n) is 2.47. The van der Waals surface area contributed by atoms with Crippen LogP contribution in [0.4, 0.5) is 0 Å². The molecule has 0 bridgehead atoms. The van der Waals surface area contributed by atoms with E-state index in [1.807, 2.05) is 18.2 Å². The van der Waals surface area contributed by atoms with Crippen molar-refractivity contribution in [1.82, 2.24) is 5.32 Å². The van der Waals surface area contributed by atoms with Crippen LogP contribution in [0.2, 0.25) is 0 Å². The zero-order valence-electron chi connectivity index (χ0n) is 19.8. The van der Waals surface area contributed by atoms with Crippen molar-refractivity contribution in [2.75, 3.05) is 6.61 Å². The summed E-state index contributed by atoms with van der Waals surface area (Å²) in [6.07, 6.45) is 31.0. The van der Waals surface area contributed by atoms with Gasteiger partial charge >= 0.3 is 13.8 Å². The first kappa shape index (κ1) is 31.5. The molecule has 9 heteroatoms. The number of carbonyl (C=O) groups is 2. The molecule has 0 aromatic carbocycles. The highest BCUT2D eigenvalue weighted by atomic mass is 31.2. The minimum Gasteiger partial charge on any atom is -0.480 e. The number of amides is 1. The quantitative estimate of drug-likeness (QED) is 0.144. The highest BCUT2D eigenvalue weighted by molar-refractivity contribution is 7.46. The van der Waals surface area contributed by atoms with Gasteiger partial charge < -0.3 is 20.2 Å². The van der Waals surface area contributed by atoms with Crippen LogP contribution in [0.25, 0.3) is 0 Å². The molecule has 0 aromatic rings. The van der Waals surface area contributed by atoms with Crippen LogP contribution < -0.4 is 5.32 Å². The van der Waals surface area contributed by atoms with E-state index in [9.17, 15) is 14.2 Å². The lowest BCUT2D eigenvalue weighted by molar-refractivity contribution is -0.142. The standard InChI is InChI=1S/C25H38NO7P/c1-2-3-4-5-6-7-8-9-10-11-12-13-14-15-16-17-18-19-20-21-24(27)26-23(25(28)29)22-33-34(30,31)32/h3-4,6-7,9-10,12-13,15-16,18-19,23H,2,5,8,11,14,17,20-22H2,1H3,(H,26,27)(H,28,29)(H2,30,31,32)/t23-/m0/s1. The summed E-state index contributed by atoms with van der Waals surface area (Å²) in [7, 11) is -4.80. The van der Waals surface area contributed by atoms with Gasteiger partial charge in [0.2, 0.25) is 5.91 Å². The molecular weight excluding hydrogens is 457 g/mol. The van der Waals surface area contributed by atoms with E-state index in [0.717, 1.165) is 38.5 Å². The molecule has 0 fully saturated rings. The van der Waals surface area contributed by atoms with E-state index < -0.39 is 32.3 Å². The van der Waals surface area contributed by atoms with Crippen molar-refractivity contribution in [3.63, 3.8) is 0 Å². The zero-order chi connectivity index (χ0) is 25.5. The van der Waals surface area contributed by atoms with Gasteiger partial charge in [-0.2, -0.15) is 0 Å². The second-order valence-corrected chi connectivity index (χ2v) is 8.44. The van der Waals surface area contributed by atoms with Gasteiger partial charge in [-0.3, -0.25) is 9.32 Å². The molecule has 1 atom stereocenters. The average Bonchev–Trinajstić information content (AvgIpc) is 2.77. The molecule has 0 heterocycles. The Kier molecular flexibility index (Phi) is 19.5. The second-order valence-electron chi connectivity index (χ2n) is 7.20. The third-order valence-electron chi connectivity index (χ3n) is 4.18. The lowest BCUT2D eigenvalue weighted by Crippen LogP contribution is -2.43. The molecule has 0 aromatic heterocycles. The van der Waals surface area contributed by atoms with Gasteiger partial charge in [0.1, 0.15) is 0 Å². The first-order valence-electron chi connectivity index (χ1n) is 11.4. The van der Waals surface area contributed by atoms with Crippen LogP contribution in [0, 0.1) is 0 Å². The molecular formula is C25H38NO7P. The van der Waals surface area contributed by atoms with E-state index in [1.165, 1.54) is 0 Å². The van der Waals surface area contributed by atoms with E-state index in [4.69, 9.17) is 14.9 Å². The van der Waals surface area contributed by atoms with Gasteiger partial charge in [-0.1, -0.05) is 79.8 Å². The fraction of sp³-hybridized carbons (Fsp3) is 0.440. The van der Waals surface area contributed by atoms with E-state index in [-0.39, 0.29) is 6.42 Å². The molecule has 0 aliphatic carbocycles. The molecule has 0 radical (unpaired) electrons. The van der Waals surface area contributed by atoms with Crippen LogP contribution in [-0.4, -0.2) is 39.4 Å². The Bertz CT molecular complexity index is 791. The third-order valence-corrected chi connectivity index (χ3v) is 4.66. The smallest absolute Gasteiger partial charge is 0.469 e. The Balaban J connectivity index is 3.88. The number of rotatable bonds is 19. The molecule has 1 amide bonds. The summed E-state index contributed by atoms with van der Waals surface area (Å²) < 4.78 is 14.8. The van der Waals surface area contributed by atoms with E-state index >= 15 is 0 Å². The Hall–Kier alpha value is -2.51. The first-order valence-corrected chi connectivity index (χ1v) is 12.9. The van der Waals surface area contributed by atoms with Crippen molar-refractivity contribution in [3.05, 3.63) is 72.9 Å². The molecule has 0 saturated heterocycles. The lowest BCUT2D eigenvalue weighted by Gasteiger charge is -2.14. The van der Waals surface area contributed by atoms with Crippen molar-refractivity contribution < 1.29 is 33.6 Å². The third kappa shape index (κ3) is 22.7. The van der Waals surface area contributed by atoms with Gasteiger partial charge in [-0.05, 0) is 44.9 Å². The molecule has 4 N–H and O–H groups in total. The topological polar surface area (TPSA) is 133 Å². The first-order chi connectivity index (χ1) is 16.3. The number of phosphoric ester groups is 1. The largest absolute Gasteiger partial charge is 0.480 e. The molecule has 0 aliphatic heterocycles. The maximum Gasteiger partial charge on any atom is 0.469 e. The molecule has 0 unspecified atom stereocenters. The summed E-state index contributed by atoms with van der Waals surface area (Å²) in [4.78, 5) is 40.0. The van der Waals surface area contributed by atoms with Crippen molar-refractivity contribution in [3.8, 4) is 0 Å². The van der Waals surface area contributed by atoms with Crippen molar-refractivity contribution in [1.29, 1.82) is 0 Å². The van der Waals surface area contributed by atoms with Crippen LogP contribution in [-0.2, 0) is 18.7 Å². The van der Waals surface area contributed by atoms with Gasteiger partial charge in [-0.15, -0.1) is 0 Å². The number of hydrogen-bond donors (Lipinski definition) is 4. The number of aliphatic carboxylic acids is 1. The maximum atomic E-state index is 11.8. The van der Waals surface area contributed by atoms with Crippen LogP contribution in [0.3, 0.4) is 0 Å². The maximum absolute atomic E-state index is 11.8. The van der Waals surface area contributed by atoms with Crippen molar-refractivity contribution >= 4 is 19.7 Å². The van der Waals surface area contributed by atoms with Crippen molar-refractivity contribution in [2.24, 2.45) is 0 Å². The lowest BCUT2D eigenvalue weighted by atomic mass is 10.2. The van der Waals surface area contributed by atoms with Crippen LogP contribution in [0.5, 0.6) is 0 Å². The van der Waals surface area contributed by atoms with Crippen LogP contribution in [0.1, 0.15) is 58.3 Å². The molecule has 0 rings (SSSR count). The monoisotopic (exact) mass is 495 g/mol. The summed E-state index contributed by atoms with van der Waals surface area (Å²) >= 11 is 0. The highest BCUT2D eigenvalue weighted by Gasteiger charge is 2.24. The SMILES string of the molecule is CCC=CCC=CCC=CCC=CCC=CCC=CCCC(=O)N[C@@H](COP(=O)(O)O)C(=O)O. The Morgan fingerprint density at radius 3 is 1.59 bits per heavy atom. The van der Waals surface area contributed by atoms with Crippen LogP contribution in [0.15, 0.2) is 72.9 Å². The molecule has 190 valence electrons. The fourth-order valence-corrected chi connectivity index (χ4v) is 2.81. The van der Waals surface area contributed by atoms with Gasteiger partial charge in [0.15, 0.2) is 6.04 Å². The summed E-state index contributed by atoms with van der Waals surface area (Å²) in [6.45, 7) is 1.31. The number of nitrogens with one attached hydrogen (secondary N) is 1. The number of allylic oxidation sites excluding steroid dienone is 12. The number of hydrogen-bond acceptors (Lipinski definition) is 4. The Morgan fingerprint density at radius 2 is 1.21 bits per heavy atom. The Morgan fingerprint density at radius 1 is 0.794 bits per heavy atom. The highest BCUT2D eigenvalue weighted by Crippen LogP contribution is 2.35. The second kappa shape index (κ2) is 21.1. The van der Waals surface area contributed by atoms with Gasteiger partial charge in [0.05, 0.1) is 6.61 Å². The molecule has 0 aliphatic rings. The minimum absolute atomic E-state index is 0.0574. The van der Waals surface area contributed by atoms with Gasteiger partial charge in [0.25, 0.3) is 0 Å². The number of carboxylic acids is 1. The van der Waals surface area contributed by atoms with Gasteiger partial charge in [-0.25, -0.2) is 9.36 Å².